The van der Waals surface area contributed by atoms with Crippen molar-refractivity contribution in [2.24, 2.45) is 0 Å². The summed E-state index contributed by atoms with van der Waals surface area (Å²) in [5.41, 5.74) is 0. The van der Waals surface area contributed by atoms with E-state index >= 15 is 0 Å². The summed E-state index contributed by atoms with van der Waals surface area (Å²) in [4.78, 5) is 10.5. The molecule has 0 amide bonds. The van der Waals surface area contributed by atoms with Gasteiger partial charge in [-0.05, 0) is 37.1 Å². The van der Waals surface area contributed by atoms with Crippen LogP contribution in [0.5, 0.6) is 0 Å². The smallest absolute Gasteiger partial charge is 0.274 e. The second-order valence-electron chi connectivity index (χ2n) is 4.48. The highest BCUT2D eigenvalue weighted by molar-refractivity contribution is 7.99. The Kier molecular flexibility index (Phi) is 4.70. The van der Waals surface area contributed by atoms with Crippen molar-refractivity contribution in [2.45, 2.75) is 42.6 Å². The molecule has 0 radical (unpaired) electrons. The molecule has 2 rings (SSSR count). The highest BCUT2D eigenvalue weighted by Gasteiger charge is 2.29. The van der Waals surface area contributed by atoms with Crippen LogP contribution in [0.15, 0.2) is 21.6 Å². The fraction of sp³-hybridized carbons (Fsp3) is 0.583. The molecule has 5 nitrogen and oxygen atoms in total. The van der Waals surface area contributed by atoms with Gasteiger partial charge in [-0.15, -0.1) is 0 Å². The average molecular weight is 303 g/mol. The van der Waals surface area contributed by atoms with Gasteiger partial charge in [0.05, 0.1) is 0 Å². The van der Waals surface area contributed by atoms with Crippen molar-refractivity contribution < 1.29 is 17.6 Å². The van der Waals surface area contributed by atoms with Crippen LogP contribution in [0.4, 0.5) is 0 Å². The third-order valence-corrected chi connectivity index (χ3v) is 5.72. The van der Waals surface area contributed by atoms with Crippen molar-refractivity contribution in [3.63, 3.8) is 0 Å². The molecule has 0 aromatic carbocycles. The molecule has 1 aliphatic rings. The zero-order valence-electron chi connectivity index (χ0n) is 10.7. The van der Waals surface area contributed by atoms with Crippen LogP contribution in [-0.4, -0.2) is 31.7 Å². The van der Waals surface area contributed by atoms with E-state index in [1.54, 1.807) is 0 Å². The van der Waals surface area contributed by atoms with Gasteiger partial charge < -0.3 is 4.42 Å². The number of thioether (sulfide) groups is 1. The number of hydrogen-bond acceptors (Lipinski definition) is 5. The minimum Gasteiger partial charge on any atom is -0.440 e. The molecule has 0 spiro atoms. The Morgan fingerprint density at radius 1 is 1.47 bits per heavy atom. The summed E-state index contributed by atoms with van der Waals surface area (Å²) >= 11 is 1.87. The number of sulfonamides is 1. The molecule has 1 N–H and O–H groups in total. The Hall–Kier alpha value is -0.790. The molecule has 1 fully saturated rings. The highest BCUT2D eigenvalue weighted by Crippen LogP contribution is 2.30. The lowest BCUT2D eigenvalue weighted by Crippen LogP contribution is -2.32. The van der Waals surface area contributed by atoms with E-state index in [4.69, 9.17) is 4.42 Å². The summed E-state index contributed by atoms with van der Waals surface area (Å²) in [7, 11) is -3.66. The van der Waals surface area contributed by atoms with Crippen LogP contribution in [0.25, 0.3) is 0 Å². The number of rotatable bonds is 6. The van der Waals surface area contributed by atoms with Crippen LogP contribution in [-0.2, 0) is 10.0 Å². The summed E-state index contributed by atoms with van der Waals surface area (Å²) in [5.74, 6) is 1.07. The molecule has 1 aliphatic carbocycles. The minimum absolute atomic E-state index is 0.0196. The van der Waals surface area contributed by atoms with Gasteiger partial charge in [0.2, 0.25) is 5.09 Å². The van der Waals surface area contributed by atoms with E-state index in [0.29, 0.717) is 11.5 Å². The maximum Gasteiger partial charge on any atom is 0.274 e. The zero-order valence-corrected chi connectivity index (χ0v) is 12.3. The molecule has 106 valence electrons. The van der Waals surface area contributed by atoms with E-state index in [9.17, 15) is 13.2 Å². The Balaban J connectivity index is 2.00. The number of hydrogen-bond donors (Lipinski definition) is 1. The zero-order chi connectivity index (χ0) is 13.9. The third kappa shape index (κ3) is 3.61. The first-order chi connectivity index (χ1) is 9.05. The molecule has 7 heteroatoms. The van der Waals surface area contributed by atoms with Crippen molar-refractivity contribution in [1.82, 2.24) is 4.72 Å². The van der Waals surface area contributed by atoms with Crippen LogP contribution in [0, 0.1) is 0 Å². The van der Waals surface area contributed by atoms with E-state index in [0.717, 1.165) is 25.0 Å². The molecule has 19 heavy (non-hydrogen) atoms. The number of nitrogens with one attached hydrogen (secondary N) is 1. The van der Waals surface area contributed by atoms with Crippen molar-refractivity contribution in [2.75, 3.05) is 5.75 Å². The van der Waals surface area contributed by atoms with Crippen LogP contribution in [0.1, 0.15) is 36.7 Å². The quantitative estimate of drug-likeness (QED) is 0.814. The van der Waals surface area contributed by atoms with E-state index in [2.05, 4.69) is 11.6 Å². The first-order valence-corrected chi connectivity index (χ1v) is 8.77. The summed E-state index contributed by atoms with van der Waals surface area (Å²) in [5, 5.41) is 0.334. The second kappa shape index (κ2) is 6.11. The fourth-order valence-electron chi connectivity index (χ4n) is 2.25. The summed E-state index contributed by atoms with van der Waals surface area (Å²) in [6.07, 6.45) is 3.21. The normalized spacial score (nSPS) is 23.6. The molecule has 2 unspecified atom stereocenters. The van der Waals surface area contributed by atoms with Gasteiger partial charge in [-0.1, -0.05) is 6.92 Å². The lowest BCUT2D eigenvalue weighted by Gasteiger charge is -2.12. The first-order valence-electron chi connectivity index (χ1n) is 6.24. The summed E-state index contributed by atoms with van der Waals surface area (Å²) in [6, 6.07) is 2.62. The topological polar surface area (TPSA) is 76.4 Å². The summed E-state index contributed by atoms with van der Waals surface area (Å²) in [6.45, 7) is 2.10. The standard InChI is InChI=1S/C12H17NO4S2/c1-2-18-11-5-3-9(7-11)13-19(15,16)12-6-4-10(8-14)17-12/h4,6,8-9,11,13H,2-3,5,7H2,1H3. The van der Waals surface area contributed by atoms with Gasteiger partial charge in [0, 0.05) is 11.3 Å². The van der Waals surface area contributed by atoms with Gasteiger partial charge in [-0.2, -0.15) is 11.8 Å². The SMILES string of the molecule is CCSC1CCC(NS(=O)(=O)c2ccc(C=O)o2)C1. The Morgan fingerprint density at radius 2 is 2.26 bits per heavy atom. The molecule has 2 atom stereocenters. The molecule has 1 aromatic rings. The predicted molar refractivity (Wildman–Crippen MR) is 74.0 cm³/mol. The predicted octanol–water partition coefficient (Wildman–Crippen LogP) is 2.04. The van der Waals surface area contributed by atoms with Crippen LogP contribution < -0.4 is 4.72 Å². The molecule has 0 bridgehead atoms. The van der Waals surface area contributed by atoms with Gasteiger partial charge in [-0.25, -0.2) is 13.1 Å². The Bertz CT molecular complexity index is 538. The van der Waals surface area contributed by atoms with E-state index < -0.39 is 10.0 Å². The summed E-state index contributed by atoms with van der Waals surface area (Å²) < 4.78 is 31.7. The number of aldehydes is 1. The number of carbonyl (C=O) groups is 1. The van der Waals surface area contributed by atoms with E-state index in [1.165, 1.54) is 12.1 Å². The van der Waals surface area contributed by atoms with E-state index in [-0.39, 0.29) is 16.9 Å². The maximum absolute atomic E-state index is 12.1. The Morgan fingerprint density at radius 3 is 2.89 bits per heavy atom. The maximum atomic E-state index is 12.1. The number of furan rings is 1. The molecule has 0 saturated heterocycles. The Labute approximate surface area is 117 Å². The van der Waals surface area contributed by atoms with Crippen LogP contribution in [0.3, 0.4) is 0 Å². The van der Waals surface area contributed by atoms with Crippen molar-refractivity contribution in [3.8, 4) is 0 Å². The molecule has 0 aliphatic heterocycles. The van der Waals surface area contributed by atoms with Crippen LogP contribution in [0.2, 0.25) is 0 Å². The largest absolute Gasteiger partial charge is 0.440 e. The van der Waals surface area contributed by atoms with Gasteiger partial charge in [0.1, 0.15) is 0 Å². The van der Waals surface area contributed by atoms with Gasteiger partial charge in [-0.3, -0.25) is 4.79 Å². The lowest BCUT2D eigenvalue weighted by molar-refractivity contribution is 0.109. The molecule has 1 aromatic heterocycles. The van der Waals surface area contributed by atoms with E-state index in [1.807, 2.05) is 11.8 Å². The van der Waals surface area contributed by atoms with Crippen molar-refractivity contribution in [1.29, 1.82) is 0 Å². The molecular formula is C12H17NO4S2. The first kappa shape index (κ1) is 14.6. The molecule has 1 saturated carbocycles. The second-order valence-corrected chi connectivity index (χ2v) is 7.71. The van der Waals surface area contributed by atoms with Gasteiger partial charge in [0.25, 0.3) is 10.0 Å². The van der Waals surface area contributed by atoms with Gasteiger partial charge >= 0.3 is 0 Å². The van der Waals surface area contributed by atoms with Crippen LogP contribution >= 0.6 is 11.8 Å². The average Bonchev–Trinajstić information content (AvgIpc) is 2.98. The highest BCUT2D eigenvalue weighted by atomic mass is 32.2. The number of carbonyl (C=O) groups excluding carboxylic acids is 1. The monoisotopic (exact) mass is 303 g/mol. The lowest BCUT2D eigenvalue weighted by atomic mass is 10.3. The minimum atomic E-state index is -3.66. The van der Waals surface area contributed by atoms with Gasteiger partial charge in [0.15, 0.2) is 12.0 Å². The van der Waals surface area contributed by atoms with Crippen molar-refractivity contribution in [3.05, 3.63) is 17.9 Å². The molecular weight excluding hydrogens is 286 g/mol. The van der Waals surface area contributed by atoms with Crippen molar-refractivity contribution >= 4 is 28.1 Å². The molecule has 1 heterocycles. The fourth-order valence-corrected chi connectivity index (χ4v) is 4.62. The third-order valence-electron chi connectivity index (χ3n) is 3.09.